The van der Waals surface area contributed by atoms with E-state index in [0.717, 1.165) is 5.56 Å². The maximum absolute atomic E-state index is 12.4. The molecule has 0 saturated heterocycles. The summed E-state index contributed by atoms with van der Waals surface area (Å²) in [4.78, 5) is 27.5. The lowest BCUT2D eigenvalue weighted by Gasteiger charge is -2.23. The van der Waals surface area contributed by atoms with Crippen molar-refractivity contribution in [3.05, 3.63) is 35.4 Å². The van der Waals surface area contributed by atoms with Crippen LogP contribution in [0, 0.1) is 0 Å². The minimum atomic E-state index is -0.159. The number of ether oxygens (including phenoxy) is 1. The fourth-order valence-corrected chi connectivity index (χ4v) is 2.13. The molecule has 0 saturated carbocycles. The van der Waals surface area contributed by atoms with Gasteiger partial charge in [0.25, 0.3) is 5.91 Å². The van der Waals surface area contributed by atoms with Crippen LogP contribution in [0.15, 0.2) is 24.3 Å². The second kappa shape index (κ2) is 8.42. The van der Waals surface area contributed by atoms with Crippen LogP contribution in [0.5, 0.6) is 0 Å². The maximum Gasteiger partial charge on any atom is 0.254 e. The largest absolute Gasteiger partial charge is 0.380 e. The zero-order valence-corrected chi connectivity index (χ0v) is 13.3. The zero-order chi connectivity index (χ0) is 15.8. The topological polar surface area (TPSA) is 49.9 Å². The molecule has 2 amide bonds. The fourth-order valence-electron chi connectivity index (χ4n) is 2.13. The molecule has 1 aromatic carbocycles. The first-order valence-electron chi connectivity index (χ1n) is 7.14. The highest BCUT2D eigenvalue weighted by Gasteiger charge is 2.17. The monoisotopic (exact) mass is 292 g/mol. The Morgan fingerprint density at radius 1 is 1.19 bits per heavy atom. The van der Waals surface area contributed by atoms with Crippen molar-refractivity contribution in [3.63, 3.8) is 0 Å². The van der Waals surface area contributed by atoms with Crippen molar-refractivity contribution >= 4 is 11.8 Å². The molecule has 1 rings (SSSR count). The summed E-state index contributed by atoms with van der Waals surface area (Å²) in [5.74, 6) is -0.197. The number of methoxy groups -OCH3 is 1. The van der Waals surface area contributed by atoms with E-state index < -0.39 is 0 Å². The van der Waals surface area contributed by atoms with Crippen molar-refractivity contribution in [3.8, 4) is 0 Å². The Kier molecular flexibility index (Phi) is 6.88. The fraction of sp³-hybridized carbons (Fsp3) is 0.500. The van der Waals surface area contributed by atoms with Gasteiger partial charge in [0.2, 0.25) is 5.91 Å². The number of carbonyl (C=O) groups excluding carboxylic acids is 2. The van der Waals surface area contributed by atoms with E-state index in [0.29, 0.717) is 25.3 Å². The van der Waals surface area contributed by atoms with E-state index >= 15 is 0 Å². The summed E-state index contributed by atoms with van der Waals surface area (Å²) in [6, 6.07) is 7.27. The Balaban J connectivity index is 2.74. The summed E-state index contributed by atoms with van der Waals surface area (Å²) in [5, 5.41) is 0. The number of benzene rings is 1. The van der Waals surface area contributed by atoms with Crippen molar-refractivity contribution in [2.24, 2.45) is 0 Å². The quantitative estimate of drug-likeness (QED) is 0.769. The first-order chi connectivity index (χ1) is 10.0. The number of nitrogens with zero attached hydrogens (tertiary/aromatic N) is 2. The summed E-state index contributed by atoms with van der Waals surface area (Å²) >= 11 is 0. The van der Waals surface area contributed by atoms with Crippen LogP contribution in [0.3, 0.4) is 0 Å². The third kappa shape index (κ3) is 4.86. The first kappa shape index (κ1) is 17.2. The molecule has 0 aliphatic heterocycles. The molecule has 5 heteroatoms. The number of likely N-dealkylation sites (N-methyl/N-ethyl adjacent to an activating group) is 2. The van der Waals surface area contributed by atoms with Gasteiger partial charge in [0.05, 0.1) is 13.2 Å². The normalized spacial score (nSPS) is 10.3. The van der Waals surface area contributed by atoms with Crippen LogP contribution < -0.4 is 0 Å². The van der Waals surface area contributed by atoms with Crippen LogP contribution in [0.2, 0.25) is 0 Å². The van der Waals surface area contributed by atoms with E-state index in [-0.39, 0.29) is 18.4 Å². The third-order valence-electron chi connectivity index (χ3n) is 3.32. The Bertz CT molecular complexity index is 484. The first-order valence-corrected chi connectivity index (χ1v) is 7.14. The SMILES string of the molecule is CCN(CC)C(=O)CN(C)C(=O)c1cccc(COC)c1. The summed E-state index contributed by atoms with van der Waals surface area (Å²) < 4.78 is 5.06. The molecule has 0 aromatic heterocycles. The minimum Gasteiger partial charge on any atom is -0.380 e. The number of carbonyl (C=O) groups is 2. The van der Waals surface area contributed by atoms with Crippen molar-refractivity contribution in [2.75, 3.05) is 33.8 Å². The second-order valence-electron chi connectivity index (χ2n) is 4.86. The van der Waals surface area contributed by atoms with Crippen LogP contribution in [0.1, 0.15) is 29.8 Å². The molecule has 0 fully saturated rings. The van der Waals surface area contributed by atoms with Crippen LogP contribution in [-0.2, 0) is 16.1 Å². The van der Waals surface area contributed by atoms with Gasteiger partial charge in [-0.15, -0.1) is 0 Å². The summed E-state index contributed by atoms with van der Waals surface area (Å²) in [6.07, 6.45) is 0. The highest BCUT2D eigenvalue weighted by atomic mass is 16.5. The molecule has 0 aliphatic carbocycles. The van der Waals surface area contributed by atoms with Gasteiger partial charge in [0.15, 0.2) is 0 Å². The van der Waals surface area contributed by atoms with Gasteiger partial charge < -0.3 is 14.5 Å². The Hall–Kier alpha value is -1.88. The van der Waals surface area contributed by atoms with E-state index in [1.807, 2.05) is 26.0 Å². The average Bonchev–Trinajstić information content (AvgIpc) is 2.48. The van der Waals surface area contributed by atoms with Crippen LogP contribution >= 0.6 is 0 Å². The number of hydrogen-bond donors (Lipinski definition) is 0. The molecule has 0 N–H and O–H groups in total. The molecule has 0 spiro atoms. The van der Waals surface area contributed by atoms with E-state index in [9.17, 15) is 9.59 Å². The van der Waals surface area contributed by atoms with Gasteiger partial charge in [-0.1, -0.05) is 12.1 Å². The van der Waals surface area contributed by atoms with Gasteiger partial charge in [0.1, 0.15) is 0 Å². The molecule has 0 unspecified atom stereocenters. The van der Waals surface area contributed by atoms with Crippen molar-refractivity contribution < 1.29 is 14.3 Å². The standard InChI is InChI=1S/C16H24N2O3/c1-5-18(6-2)15(19)11-17(3)16(20)14-9-7-8-13(10-14)12-21-4/h7-10H,5-6,11-12H2,1-4H3. The van der Waals surface area contributed by atoms with E-state index in [1.165, 1.54) is 4.90 Å². The average molecular weight is 292 g/mol. The van der Waals surface area contributed by atoms with Crippen LogP contribution in [0.25, 0.3) is 0 Å². The van der Waals surface area contributed by atoms with E-state index in [2.05, 4.69) is 0 Å². The summed E-state index contributed by atoms with van der Waals surface area (Å²) in [6.45, 7) is 5.72. The molecule has 0 aliphatic rings. The van der Waals surface area contributed by atoms with E-state index in [4.69, 9.17) is 4.74 Å². The van der Waals surface area contributed by atoms with E-state index in [1.54, 1.807) is 31.2 Å². The van der Waals surface area contributed by atoms with Crippen LogP contribution in [0.4, 0.5) is 0 Å². The third-order valence-corrected chi connectivity index (χ3v) is 3.32. The molecular weight excluding hydrogens is 268 g/mol. The highest BCUT2D eigenvalue weighted by molar-refractivity contribution is 5.96. The smallest absolute Gasteiger partial charge is 0.254 e. The molecule has 0 radical (unpaired) electrons. The van der Waals surface area contributed by atoms with Gasteiger partial charge in [-0.05, 0) is 31.5 Å². The predicted octanol–water partition coefficient (Wildman–Crippen LogP) is 1.77. The molecule has 0 bridgehead atoms. The number of amides is 2. The van der Waals surface area contributed by atoms with Crippen LogP contribution in [-0.4, -0.2) is 55.4 Å². The van der Waals surface area contributed by atoms with Gasteiger partial charge in [0, 0.05) is 32.8 Å². The molecule has 0 atom stereocenters. The number of hydrogen-bond acceptors (Lipinski definition) is 3. The predicted molar refractivity (Wildman–Crippen MR) is 82.0 cm³/mol. The molecular formula is C16H24N2O3. The maximum atomic E-state index is 12.4. The highest BCUT2D eigenvalue weighted by Crippen LogP contribution is 2.09. The van der Waals surface area contributed by atoms with Crippen molar-refractivity contribution in [1.29, 1.82) is 0 Å². The minimum absolute atomic E-state index is 0.0381. The van der Waals surface area contributed by atoms with Crippen molar-refractivity contribution in [1.82, 2.24) is 9.80 Å². The van der Waals surface area contributed by atoms with Gasteiger partial charge in [-0.3, -0.25) is 9.59 Å². The van der Waals surface area contributed by atoms with Crippen molar-refractivity contribution in [2.45, 2.75) is 20.5 Å². The van der Waals surface area contributed by atoms with Gasteiger partial charge in [-0.2, -0.15) is 0 Å². The Morgan fingerprint density at radius 2 is 1.86 bits per heavy atom. The molecule has 1 aromatic rings. The summed E-state index contributed by atoms with van der Waals surface area (Å²) in [5.41, 5.74) is 1.51. The molecule has 0 heterocycles. The Morgan fingerprint density at radius 3 is 2.43 bits per heavy atom. The Labute approximate surface area is 126 Å². The number of rotatable bonds is 7. The zero-order valence-electron chi connectivity index (χ0n) is 13.3. The lowest BCUT2D eigenvalue weighted by Crippen LogP contribution is -2.41. The molecule has 21 heavy (non-hydrogen) atoms. The molecule has 5 nitrogen and oxygen atoms in total. The lowest BCUT2D eigenvalue weighted by atomic mass is 10.1. The lowest BCUT2D eigenvalue weighted by molar-refractivity contribution is -0.131. The molecule has 116 valence electrons. The van der Waals surface area contributed by atoms with Gasteiger partial charge in [-0.25, -0.2) is 0 Å². The second-order valence-corrected chi connectivity index (χ2v) is 4.86. The summed E-state index contributed by atoms with van der Waals surface area (Å²) in [7, 11) is 3.26. The van der Waals surface area contributed by atoms with Gasteiger partial charge >= 0.3 is 0 Å².